The largest absolute Gasteiger partial charge is 0.179 e. The number of benzene rings is 1. The van der Waals surface area contributed by atoms with Gasteiger partial charge in [0.1, 0.15) is 0 Å². The lowest BCUT2D eigenvalue weighted by Crippen LogP contribution is -1.82. The Balaban J connectivity index is 2.07. The van der Waals surface area contributed by atoms with E-state index < -0.39 is 0 Å². The van der Waals surface area contributed by atoms with Crippen LogP contribution < -0.4 is 0 Å². The first-order chi connectivity index (χ1) is 7.33. The normalized spacial score (nSPS) is 10.5. The highest BCUT2D eigenvalue weighted by Gasteiger charge is 1.94. The third-order valence-corrected chi connectivity index (χ3v) is 4.08. The molecule has 0 aromatic heterocycles. The predicted molar refractivity (Wildman–Crippen MR) is 77.2 cm³/mol. The Hall–Kier alpha value is 0.400. The number of hydrogen-bond acceptors (Lipinski definition) is 2. The highest BCUT2D eigenvalue weighted by Crippen LogP contribution is 2.21. The summed E-state index contributed by atoms with van der Waals surface area (Å²) < 4.78 is 1.15. The summed E-state index contributed by atoms with van der Waals surface area (Å²) >= 11 is 9.59. The van der Waals surface area contributed by atoms with Crippen molar-refractivity contribution in [3.8, 4) is 0 Å². The molecule has 0 atom stereocenters. The van der Waals surface area contributed by atoms with E-state index in [2.05, 4.69) is 52.8 Å². The van der Waals surface area contributed by atoms with E-state index in [1.807, 2.05) is 11.8 Å². The molecule has 0 aliphatic carbocycles. The van der Waals surface area contributed by atoms with Gasteiger partial charge in [-0.1, -0.05) is 28.8 Å². The molecule has 1 rings (SSSR count). The van der Waals surface area contributed by atoms with Crippen LogP contribution in [0, 0.1) is 0 Å². The van der Waals surface area contributed by atoms with Crippen LogP contribution in [0.1, 0.15) is 25.7 Å². The van der Waals surface area contributed by atoms with Crippen LogP contribution in [0.15, 0.2) is 33.6 Å². The van der Waals surface area contributed by atoms with Crippen LogP contribution >= 0.6 is 40.3 Å². The number of unbranched alkanes of at least 4 members (excludes halogenated alkanes) is 3. The van der Waals surface area contributed by atoms with Crippen molar-refractivity contribution < 1.29 is 0 Å². The monoisotopic (exact) mass is 304 g/mol. The number of halogens is 1. The molecule has 0 saturated heterocycles. The maximum atomic E-state index is 4.20. The van der Waals surface area contributed by atoms with E-state index in [0.29, 0.717) is 0 Å². The van der Waals surface area contributed by atoms with Crippen LogP contribution in [0.3, 0.4) is 0 Å². The Morgan fingerprint density at radius 2 is 1.67 bits per heavy atom. The van der Waals surface area contributed by atoms with E-state index in [9.17, 15) is 0 Å². The highest BCUT2D eigenvalue weighted by molar-refractivity contribution is 9.10. The van der Waals surface area contributed by atoms with Crippen LogP contribution in [0.25, 0.3) is 0 Å². The zero-order chi connectivity index (χ0) is 10.9. The molecule has 0 spiro atoms. The Labute approximate surface area is 111 Å². The van der Waals surface area contributed by atoms with Crippen molar-refractivity contribution >= 4 is 40.3 Å². The molecule has 15 heavy (non-hydrogen) atoms. The smallest absolute Gasteiger partial charge is 0.0176 e. The SMILES string of the molecule is SCCCCCCSc1ccc(Br)cc1. The van der Waals surface area contributed by atoms with Gasteiger partial charge in [0.2, 0.25) is 0 Å². The van der Waals surface area contributed by atoms with Crippen molar-refractivity contribution in [3.05, 3.63) is 28.7 Å². The van der Waals surface area contributed by atoms with Crippen molar-refractivity contribution in [2.45, 2.75) is 30.6 Å². The zero-order valence-electron chi connectivity index (χ0n) is 8.79. The second-order valence-electron chi connectivity index (χ2n) is 3.44. The fourth-order valence-corrected chi connectivity index (χ4v) is 2.69. The average Bonchev–Trinajstić information content (AvgIpc) is 2.26. The molecule has 0 nitrogen and oxygen atoms in total. The molecular weight excluding hydrogens is 288 g/mol. The molecule has 0 aliphatic rings. The molecule has 0 heterocycles. The van der Waals surface area contributed by atoms with E-state index in [0.717, 1.165) is 10.2 Å². The summed E-state index contributed by atoms with van der Waals surface area (Å²) in [6.07, 6.45) is 5.23. The molecular formula is C12H17BrS2. The molecule has 3 heteroatoms. The molecule has 0 unspecified atom stereocenters. The number of thioether (sulfide) groups is 1. The lowest BCUT2D eigenvalue weighted by atomic mass is 10.2. The molecule has 0 fully saturated rings. The fourth-order valence-electron chi connectivity index (χ4n) is 1.29. The first-order valence-electron chi connectivity index (χ1n) is 5.32. The molecule has 0 radical (unpaired) electrons. The van der Waals surface area contributed by atoms with Gasteiger partial charge in [-0.15, -0.1) is 11.8 Å². The van der Waals surface area contributed by atoms with Crippen LogP contribution in [-0.4, -0.2) is 11.5 Å². The van der Waals surface area contributed by atoms with Crippen molar-refractivity contribution in [3.63, 3.8) is 0 Å². The summed E-state index contributed by atoms with van der Waals surface area (Å²) in [5, 5.41) is 0. The molecule has 0 bridgehead atoms. The van der Waals surface area contributed by atoms with Gasteiger partial charge < -0.3 is 0 Å². The van der Waals surface area contributed by atoms with Gasteiger partial charge in [0, 0.05) is 9.37 Å². The Morgan fingerprint density at radius 1 is 1.00 bits per heavy atom. The van der Waals surface area contributed by atoms with E-state index >= 15 is 0 Å². The van der Waals surface area contributed by atoms with Crippen molar-refractivity contribution in [1.82, 2.24) is 0 Å². The van der Waals surface area contributed by atoms with Gasteiger partial charge in [-0.3, -0.25) is 0 Å². The van der Waals surface area contributed by atoms with Crippen molar-refractivity contribution in [2.75, 3.05) is 11.5 Å². The average molecular weight is 305 g/mol. The third-order valence-electron chi connectivity index (χ3n) is 2.13. The number of rotatable bonds is 7. The highest BCUT2D eigenvalue weighted by atomic mass is 79.9. The minimum atomic E-state index is 1.03. The Kier molecular flexibility index (Phi) is 7.67. The Morgan fingerprint density at radius 3 is 2.33 bits per heavy atom. The fraction of sp³-hybridized carbons (Fsp3) is 0.500. The lowest BCUT2D eigenvalue weighted by molar-refractivity contribution is 0.712. The molecule has 1 aromatic carbocycles. The van der Waals surface area contributed by atoms with E-state index in [-0.39, 0.29) is 0 Å². The molecule has 1 aromatic rings. The van der Waals surface area contributed by atoms with Gasteiger partial charge >= 0.3 is 0 Å². The number of thiol groups is 1. The second kappa shape index (κ2) is 8.54. The Bertz CT molecular complexity index is 259. The van der Waals surface area contributed by atoms with E-state index in [1.54, 1.807) is 0 Å². The molecule has 84 valence electrons. The summed E-state index contributed by atoms with van der Waals surface area (Å²) in [6, 6.07) is 8.54. The van der Waals surface area contributed by atoms with Gasteiger partial charge in [-0.05, 0) is 48.6 Å². The third kappa shape index (κ3) is 6.54. The quantitative estimate of drug-likeness (QED) is 0.419. The topological polar surface area (TPSA) is 0 Å². The first kappa shape index (κ1) is 13.5. The van der Waals surface area contributed by atoms with E-state index in [1.165, 1.54) is 36.3 Å². The van der Waals surface area contributed by atoms with Gasteiger partial charge in [0.15, 0.2) is 0 Å². The summed E-state index contributed by atoms with van der Waals surface area (Å²) in [4.78, 5) is 1.37. The van der Waals surface area contributed by atoms with Crippen LogP contribution in [-0.2, 0) is 0 Å². The van der Waals surface area contributed by atoms with Gasteiger partial charge in [-0.25, -0.2) is 0 Å². The van der Waals surface area contributed by atoms with Crippen LogP contribution in [0.5, 0.6) is 0 Å². The van der Waals surface area contributed by atoms with Crippen LogP contribution in [0.2, 0.25) is 0 Å². The first-order valence-corrected chi connectivity index (χ1v) is 7.73. The molecule has 0 amide bonds. The van der Waals surface area contributed by atoms with E-state index in [4.69, 9.17) is 0 Å². The summed E-state index contributed by atoms with van der Waals surface area (Å²) in [5.74, 6) is 2.26. The zero-order valence-corrected chi connectivity index (χ0v) is 12.1. The minimum absolute atomic E-state index is 1.03. The maximum absolute atomic E-state index is 4.20. The van der Waals surface area contributed by atoms with Crippen molar-refractivity contribution in [1.29, 1.82) is 0 Å². The van der Waals surface area contributed by atoms with Gasteiger partial charge in [0.05, 0.1) is 0 Å². The lowest BCUT2D eigenvalue weighted by Gasteiger charge is -2.01. The predicted octanol–water partition coefficient (Wildman–Crippen LogP) is 5.03. The summed E-state index contributed by atoms with van der Waals surface area (Å²) in [7, 11) is 0. The van der Waals surface area contributed by atoms with Gasteiger partial charge in [0.25, 0.3) is 0 Å². The van der Waals surface area contributed by atoms with Gasteiger partial charge in [-0.2, -0.15) is 12.6 Å². The molecule has 0 saturated carbocycles. The standard InChI is InChI=1S/C12H17BrS2/c13-11-5-7-12(8-6-11)15-10-4-2-1-3-9-14/h5-8,14H,1-4,9-10H2. The molecule has 0 aliphatic heterocycles. The van der Waals surface area contributed by atoms with Crippen molar-refractivity contribution in [2.24, 2.45) is 0 Å². The summed E-state index contributed by atoms with van der Waals surface area (Å²) in [5.41, 5.74) is 0. The van der Waals surface area contributed by atoms with Crippen LogP contribution in [0.4, 0.5) is 0 Å². The maximum Gasteiger partial charge on any atom is 0.0176 e. The second-order valence-corrected chi connectivity index (χ2v) is 5.97. The molecule has 0 N–H and O–H groups in total. The minimum Gasteiger partial charge on any atom is -0.179 e. The summed E-state index contributed by atoms with van der Waals surface area (Å²) in [6.45, 7) is 0. The number of hydrogen-bond donors (Lipinski definition) is 1.